The van der Waals surface area contributed by atoms with Crippen LogP contribution in [0.5, 0.6) is 0 Å². The minimum atomic E-state index is -0.314. The molecule has 0 unspecified atom stereocenters. The van der Waals surface area contributed by atoms with Crippen molar-refractivity contribution in [2.75, 3.05) is 5.73 Å². The summed E-state index contributed by atoms with van der Waals surface area (Å²) in [7, 11) is 0. The lowest BCUT2D eigenvalue weighted by Crippen LogP contribution is -2.13. The van der Waals surface area contributed by atoms with Gasteiger partial charge in [-0.1, -0.05) is 19.0 Å². The number of hydrogen-bond donors (Lipinski definition) is 1. The van der Waals surface area contributed by atoms with E-state index in [1.807, 2.05) is 13.8 Å². The largest absolute Gasteiger partial charge is 0.380 e. The number of nitrogen functional groups attached to an aromatic ring is 1. The maximum absolute atomic E-state index is 5.64. The van der Waals surface area contributed by atoms with Gasteiger partial charge < -0.3 is 10.3 Å². The molecule has 2 N–H and O–H groups in total. The Hall–Kier alpha value is -1.58. The molecule has 4 nitrogen and oxygen atoms in total. The molecule has 1 radical (unpaired) electrons. The molecule has 0 aliphatic rings. The predicted molar refractivity (Wildman–Crippen MR) is 54.6 cm³/mol. The first kappa shape index (κ1) is 8.99. The number of anilines is 1. The molecular formula is C10H12N3O. The van der Waals surface area contributed by atoms with Gasteiger partial charge in [0.05, 0.1) is 11.1 Å². The van der Waals surface area contributed by atoms with Gasteiger partial charge in [0.25, 0.3) is 0 Å². The molecular weight excluding hydrogens is 178 g/mol. The smallest absolute Gasteiger partial charge is 0.191 e. The predicted octanol–water partition coefficient (Wildman–Crippen LogP) is 1.92. The van der Waals surface area contributed by atoms with Gasteiger partial charge >= 0.3 is 0 Å². The Labute approximate surface area is 82.1 Å². The highest BCUT2D eigenvalue weighted by Gasteiger charge is 2.22. The van der Waals surface area contributed by atoms with E-state index < -0.39 is 0 Å². The summed E-state index contributed by atoms with van der Waals surface area (Å²) >= 11 is 0. The van der Waals surface area contributed by atoms with E-state index in [2.05, 4.69) is 17.1 Å². The van der Waals surface area contributed by atoms with Crippen molar-refractivity contribution in [1.29, 1.82) is 0 Å². The summed E-state index contributed by atoms with van der Waals surface area (Å²) in [5.74, 6) is 0.396. The average Bonchev–Trinajstić information content (AvgIpc) is 2.46. The minimum absolute atomic E-state index is 0.314. The Balaban J connectivity index is 2.79. The van der Waals surface area contributed by atoms with Crippen LogP contribution in [0.25, 0.3) is 11.0 Å². The van der Waals surface area contributed by atoms with E-state index in [0.717, 1.165) is 11.1 Å². The van der Waals surface area contributed by atoms with Crippen LogP contribution in [0.3, 0.4) is 0 Å². The molecule has 0 spiro atoms. The van der Waals surface area contributed by atoms with Gasteiger partial charge in [0.1, 0.15) is 0 Å². The normalized spacial score (nSPS) is 12.2. The van der Waals surface area contributed by atoms with Crippen molar-refractivity contribution in [3.05, 3.63) is 24.9 Å². The molecule has 2 aromatic rings. The minimum Gasteiger partial charge on any atom is -0.380 e. The van der Waals surface area contributed by atoms with E-state index in [-0.39, 0.29) is 5.41 Å². The van der Waals surface area contributed by atoms with E-state index in [4.69, 9.17) is 10.3 Å². The summed E-state index contributed by atoms with van der Waals surface area (Å²) in [6, 6.07) is 1.79. The van der Waals surface area contributed by atoms with Crippen LogP contribution in [0.2, 0.25) is 0 Å². The van der Waals surface area contributed by atoms with Gasteiger partial charge in [0.15, 0.2) is 11.4 Å². The van der Waals surface area contributed by atoms with Crippen molar-refractivity contribution in [3.63, 3.8) is 0 Å². The van der Waals surface area contributed by atoms with Crippen molar-refractivity contribution >= 4 is 16.8 Å². The van der Waals surface area contributed by atoms with Crippen LogP contribution < -0.4 is 5.73 Å². The lowest BCUT2D eigenvalue weighted by atomic mass is 9.91. The number of nitrogens with zero attached hydrogens (tertiary/aromatic N) is 2. The fourth-order valence-electron chi connectivity index (χ4n) is 1.37. The number of aromatic nitrogens is 2. The third-order valence-corrected chi connectivity index (χ3v) is 2.06. The monoisotopic (exact) mass is 190 g/mol. The van der Waals surface area contributed by atoms with Crippen LogP contribution in [0.1, 0.15) is 19.5 Å². The van der Waals surface area contributed by atoms with Crippen LogP contribution in [0.4, 0.5) is 5.82 Å². The zero-order chi connectivity index (χ0) is 10.3. The number of rotatable bonds is 1. The molecule has 0 saturated heterocycles. The van der Waals surface area contributed by atoms with Crippen molar-refractivity contribution in [1.82, 2.24) is 10.1 Å². The molecule has 0 atom stereocenters. The highest BCUT2D eigenvalue weighted by atomic mass is 16.5. The Morgan fingerprint density at radius 1 is 1.50 bits per heavy atom. The third kappa shape index (κ3) is 1.23. The molecule has 2 aromatic heterocycles. The molecule has 0 aliphatic heterocycles. The van der Waals surface area contributed by atoms with Crippen LogP contribution in [0, 0.1) is 6.92 Å². The van der Waals surface area contributed by atoms with E-state index >= 15 is 0 Å². The SMILES string of the molecule is [CH2]C(C)(C)c1nccc2c(N)noc12. The lowest BCUT2D eigenvalue weighted by Gasteiger charge is -2.16. The van der Waals surface area contributed by atoms with Crippen molar-refractivity contribution in [3.8, 4) is 0 Å². The number of fused-ring (bicyclic) bond motifs is 1. The van der Waals surface area contributed by atoms with Gasteiger partial charge in [-0.15, -0.1) is 0 Å². The van der Waals surface area contributed by atoms with E-state index in [9.17, 15) is 0 Å². The first-order valence-electron chi connectivity index (χ1n) is 4.36. The van der Waals surface area contributed by atoms with Crippen molar-refractivity contribution < 1.29 is 4.52 Å². The zero-order valence-corrected chi connectivity index (χ0v) is 8.24. The Bertz CT molecular complexity index is 468. The van der Waals surface area contributed by atoms with Crippen LogP contribution >= 0.6 is 0 Å². The van der Waals surface area contributed by atoms with Crippen molar-refractivity contribution in [2.45, 2.75) is 19.3 Å². The van der Waals surface area contributed by atoms with Crippen LogP contribution in [0.15, 0.2) is 16.8 Å². The molecule has 4 heteroatoms. The highest BCUT2D eigenvalue weighted by molar-refractivity contribution is 5.88. The molecule has 0 amide bonds. The second-order valence-electron chi connectivity index (χ2n) is 3.99. The highest BCUT2D eigenvalue weighted by Crippen LogP contribution is 2.29. The van der Waals surface area contributed by atoms with Gasteiger partial charge in [-0.2, -0.15) is 0 Å². The van der Waals surface area contributed by atoms with E-state index in [1.54, 1.807) is 12.3 Å². The fraction of sp³-hybridized carbons (Fsp3) is 0.300. The summed E-state index contributed by atoms with van der Waals surface area (Å²) in [5, 5.41) is 4.50. The molecule has 0 fully saturated rings. The van der Waals surface area contributed by atoms with Gasteiger partial charge in [-0.25, -0.2) is 0 Å². The summed E-state index contributed by atoms with van der Waals surface area (Å²) in [5.41, 5.74) is 6.73. The molecule has 0 saturated carbocycles. The summed E-state index contributed by atoms with van der Waals surface area (Å²) in [6.45, 7) is 7.94. The lowest BCUT2D eigenvalue weighted by molar-refractivity contribution is 0.450. The summed E-state index contributed by atoms with van der Waals surface area (Å²) < 4.78 is 5.13. The molecule has 0 bridgehead atoms. The van der Waals surface area contributed by atoms with Gasteiger partial charge in [-0.3, -0.25) is 4.98 Å². The van der Waals surface area contributed by atoms with Gasteiger partial charge in [0, 0.05) is 11.6 Å². The average molecular weight is 190 g/mol. The van der Waals surface area contributed by atoms with E-state index in [0.29, 0.717) is 11.4 Å². The number of hydrogen-bond acceptors (Lipinski definition) is 4. The molecule has 73 valence electrons. The molecule has 2 heterocycles. The summed E-state index contributed by atoms with van der Waals surface area (Å²) in [6.07, 6.45) is 1.69. The van der Waals surface area contributed by atoms with Crippen molar-refractivity contribution in [2.24, 2.45) is 0 Å². The fourth-order valence-corrected chi connectivity index (χ4v) is 1.37. The molecule has 2 rings (SSSR count). The summed E-state index contributed by atoms with van der Waals surface area (Å²) in [4.78, 5) is 4.24. The maximum atomic E-state index is 5.64. The Morgan fingerprint density at radius 3 is 2.86 bits per heavy atom. The quantitative estimate of drug-likeness (QED) is 0.746. The molecule has 14 heavy (non-hydrogen) atoms. The maximum Gasteiger partial charge on any atom is 0.191 e. The van der Waals surface area contributed by atoms with Gasteiger partial charge in [0.2, 0.25) is 0 Å². The van der Waals surface area contributed by atoms with Crippen LogP contribution in [-0.4, -0.2) is 10.1 Å². The Morgan fingerprint density at radius 2 is 2.21 bits per heavy atom. The zero-order valence-electron chi connectivity index (χ0n) is 8.24. The molecule has 0 aliphatic carbocycles. The third-order valence-electron chi connectivity index (χ3n) is 2.06. The number of nitrogens with two attached hydrogens (primary N) is 1. The van der Waals surface area contributed by atoms with Crippen LogP contribution in [-0.2, 0) is 5.41 Å². The van der Waals surface area contributed by atoms with Gasteiger partial charge in [-0.05, 0) is 13.0 Å². The second-order valence-corrected chi connectivity index (χ2v) is 3.99. The standard InChI is InChI=1S/C10H12N3O/c1-10(2,3)8-7-6(4-5-12-8)9(11)13-14-7/h4-5H,1H2,2-3H3,(H2,11,13). The van der Waals surface area contributed by atoms with E-state index in [1.165, 1.54) is 0 Å². The second kappa shape index (κ2) is 2.70. The molecule has 0 aromatic carbocycles. The Kier molecular flexibility index (Phi) is 1.74. The first-order valence-corrected chi connectivity index (χ1v) is 4.36. The number of pyridine rings is 1. The topological polar surface area (TPSA) is 64.9 Å². The first-order chi connectivity index (χ1) is 6.50.